The van der Waals surface area contributed by atoms with Gasteiger partial charge in [0.1, 0.15) is 0 Å². The molecule has 1 aliphatic heterocycles. The molecular formula is C11H14N2O3. The number of phenolic OH excluding ortho intramolecular Hbond substituents is 2. The molecule has 5 nitrogen and oxygen atoms in total. The SMILES string of the molecule is Oc1cccc(/C=N/N2CCOCC2)c1O. The zero-order valence-corrected chi connectivity index (χ0v) is 8.83. The van der Waals surface area contributed by atoms with Gasteiger partial charge in [-0.1, -0.05) is 6.07 Å². The minimum atomic E-state index is -0.139. The number of ether oxygens (including phenoxy) is 1. The molecule has 86 valence electrons. The first kappa shape index (κ1) is 10.8. The van der Waals surface area contributed by atoms with Crippen LogP contribution in [0.2, 0.25) is 0 Å². The average molecular weight is 222 g/mol. The number of hydrogen-bond acceptors (Lipinski definition) is 5. The largest absolute Gasteiger partial charge is 0.504 e. The van der Waals surface area contributed by atoms with E-state index in [2.05, 4.69) is 5.10 Å². The summed E-state index contributed by atoms with van der Waals surface area (Å²) in [6.07, 6.45) is 1.54. The highest BCUT2D eigenvalue weighted by Gasteiger charge is 2.07. The molecule has 16 heavy (non-hydrogen) atoms. The summed E-state index contributed by atoms with van der Waals surface area (Å²) in [5.74, 6) is -0.273. The summed E-state index contributed by atoms with van der Waals surface area (Å²) in [5.41, 5.74) is 0.506. The molecule has 1 fully saturated rings. The standard InChI is InChI=1S/C11H14N2O3/c14-10-3-1-2-9(11(10)15)8-12-13-4-6-16-7-5-13/h1-3,8,14-15H,4-7H2/b12-8+. The molecule has 0 aromatic heterocycles. The monoisotopic (exact) mass is 222 g/mol. The third-order valence-corrected chi connectivity index (χ3v) is 2.39. The summed E-state index contributed by atoms with van der Waals surface area (Å²) in [5, 5.41) is 24.9. The van der Waals surface area contributed by atoms with Crippen molar-refractivity contribution in [2.45, 2.75) is 0 Å². The van der Waals surface area contributed by atoms with E-state index in [0.29, 0.717) is 18.8 Å². The molecule has 0 spiro atoms. The lowest BCUT2D eigenvalue weighted by Crippen LogP contribution is -2.32. The van der Waals surface area contributed by atoms with Gasteiger partial charge < -0.3 is 14.9 Å². The van der Waals surface area contributed by atoms with Crippen LogP contribution in [0, 0.1) is 0 Å². The zero-order valence-electron chi connectivity index (χ0n) is 8.83. The number of hydrogen-bond donors (Lipinski definition) is 2. The highest BCUT2D eigenvalue weighted by atomic mass is 16.5. The molecule has 1 saturated heterocycles. The summed E-state index contributed by atoms with van der Waals surface area (Å²) in [6, 6.07) is 4.79. The number of phenols is 2. The van der Waals surface area contributed by atoms with Gasteiger partial charge in [0.25, 0.3) is 0 Å². The van der Waals surface area contributed by atoms with Crippen molar-refractivity contribution in [3.63, 3.8) is 0 Å². The van der Waals surface area contributed by atoms with E-state index in [1.165, 1.54) is 6.07 Å². The van der Waals surface area contributed by atoms with Crippen molar-refractivity contribution in [2.75, 3.05) is 26.3 Å². The van der Waals surface area contributed by atoms with Crippen LogP contribution < -0.4 is 0 Å². The van der Waals surface area contributed by atoms with Crippen LogP contribution in [-0.2, 0) is 4.74 Å². The Kier molecular flexibility index (Phi) is 3.26. The summed E-state index contributed by atoms with van der Waals surface area (Å²) >= 11 is 0. The predicted molar refractivity (Wildman–Crippen MR) is 59.8 cm³/mol. The molecule has 0 atom stereocenters. The Balaban J connectivity index is 2.07. The Hall–Kier alpha value is -1.75. The Bertz CT molecular complexity index is 387. The summed E-state index contributed by atoms with van der Waals surface area (Å²) in [4.78, 5) is 0. The summed E-state index contributed by atoms with van der Waals surface area (Å²) in [6.45, 7) is 2.83. The van der Waals surface area contributed by atoms with Gasteiger partial charge in [0.2, 0.25) is 0 Å². The van der Waals surface area contributed by atoms with Crippen molar-refractivity contribution in [1.82, 2.24) is 5.01 Å². The first-order chi connectivity index (χ1) is 7.77. The fourth-order valence-electron chi connectivity index (χ4n) is 1.47. The minimum absolute atomic E-state index is 0.133. The Morgan fingerprint density at radius 2 is 2.00 bits per heavy atom. The minimum Gasteiger partial charge on any atom is -0.504 e. The van der Waals surface area contributed by atoms with E-state index in [1.54, 1.807) is 18.3 Å². The molecule has 1 aliphatic rings. The molecule has 1 aromatic rings. The molecule has 0 amide bonds. The number of nitrogens with zero attached hydrogens (tertiary/aromatic N) is 2. The van der Waals surface area contributed by atoms with Crippen molar-refractivity contribution < 1.29 is 14.9 Å². The Morgan fingerprint density at radius 3 is 2.75 bits per heavy atom. The van der Waals surface area contributed by atoms with Crippen LogP contribution in [0.15, 0.2) is 23.3 Å². The van der Waals surface area contributed by atoms with Gasteiger partial charge >= 0.3 is 0 Å². The number of aromatic hydroxyl groups is 2. The van der Waals surface area contributed by atoms with Gasteiger partial charge in [-0.25, -0.2) is 0 Å². The van der Waals surface area contributed by atoms with Crippen LogP contribution in [0.25, 0.3) is 0 Å². The van der Waals surface area contributed by atoms with Crippen LogP contribution >= 0.6 is 0 Å². The van der Waals surface area contributed by atoms with Crippen molar-refractivity contribution in [3.8, 4) is 11.5 Å². The van der Waals surface area contributed by atoms with Gasteiger partial charge in [-0.3, -0.25) is 5.01 Å². The zero-order chi connectivity index (χ0) is 11.4. The molecule has 0 bridgehead atoms. The normalized spacial score (nSPS) is 16.9. The van der Waals surface area contributed by atoms with Gasteiger partial charge in [0.05, 0.1) is 32.5 Å². The fraction of sp³-hybridized carbons (Fsp3) is 0.364. The first-order valence-corrected chi connectivity index (χ1v) is 5.15. The predicted octanol–water partition coefficient (Wildman–Crippen LogP) is 0.764. The Labute approximate surface area is 93.6 Å². The van der Waals surface area contributed by atoms with E-state index < -0.39 is 0 Å². The third-order valence-electron chi connectivity index (χ3n) is 2.39. The van der Waals surface area contributed by atoms with Crippen molar-refractivity contribution >= 4 is 6.21 Å². The van der Waals surface area contributed by atoms with Gasteiger partial charge in [-0.15, -0.1) is 0 Å². The maximum atomic E-state index is 9.54. The van der Waals surface area contributed by atoms with Crippen LogP contribution in [0.1, 0.15) is 5.56 Å². The van der Waals surface area contributed by atoms with Crippen molar-refractivity contribution in [2.24, 2.45) is 5.10 Å². The van der Waals surface area contributed by atoms with E-state index >= 15 is 0 Å². The molecule has 0 unspecified atom stereocenters. The molecule has 0 saturated carbocycles. The van der Waals surface area contributed by atoms with E-state index in [1.807, 2.05) is 5.01 Å². The molecule has 0 radical (unpaired) electrons. The molecule has 2 rings (SSSR count). The van der Waals surface area contributed by atoms with Crippen molar-refractivity contribution in [3.05, 3.63) is 23.8 Å². The third kappa shape index (κ3) is 2.43. The van der Waals surface area contributed by atoms with Gasteiger partial charge in [-0.2, -0.15) is 5.10 Å². The number of para-hydroxylation sites is 1. The lowest BCUT2D eigenvalue weighted by Gasteiger charge is -2.23. The summed E-state index contributed by atoms with van der Waals surface area (Å²) < 4.78 is 5.19. The molecular weight excluding hydrogens is 208 g/mol. The highest BCUT2D eigenvalue weighted by molar-refractivity contribution is 5.84. The van der Waals surface area contributed by atoms with E-state index in [-0.39, 0.29) is 11.5 Å². The van der Waals surface area contributed by atoms with Crippen LogP contribution in [0.3, 0.4) is 0 Å². The quantitative estimate of drug-likeness (QED) is 0.573. The van der Waals surface area contributed by atoms with Gasteiger partial charge in [0, 0.05) is 5.56 Å². The highest BCUT2D eigenvalue weighted by Crippen LogP contribution is 2.26. The lowest BCUT2D eigenvalue weighted by molar-refractivity contribution is 0.0397. The maximum absolute atomic E-state index is 9.54. The average Bonchev–Trinajstić information content (AvgIpc) is 2.32. The molecule has 1 heterocycles. The van der Waals surface area contributed by atoms with Gasteiger partial charge in [-0.05, 0) is 12.1 Å². The molecule has 2 N–H and O–H groups in total. The second-order valence-electron chi connectivity index (χ2n) is 3.53. The first-order valence-electron chi connectivity index (χ1n) is 5.15. The topological polar surface area (TPSA) is 65.3 Å². The molecule has 1 aromatic carbocycles. The Morgan fingerprint density at radius 1 is 1.25 bits per heavy atom. The molecule has 0 aliphatic carbocycles. The second-order valence-corrected chi connectivity index (χ2v) is 3.53. The van der Waals surface area contributed by atoms with Crippen molar-refractivity contribution in [1.29, 1.82) is 0 Å². The van der Waals surface area contributed by atoms with E-state index in [4.69, 9.17) is 4.74 Å². The number of hydrazone groups is 1. The smallest absolute Gasteiger partial charge is 0.166 e. The molecule has 5 heteroatoms. The van der Waals surface area contributed by atoms with Gasteiger partial charge in [0.15, 0.2) is 11.5 Å². The number of rotatable bonds is 2. The maximum Gasteiger partial charge on any atom is 0.166 e. The fourth-order valence-corrected chi connectivity index (χ4v) is 1.47. The second kappa shape index (κ2) is 4.85. The van der Waals surface area contributed by atoms with E-state index in [9.17, 15) is 10.2 Å². The van der Waals surface area contributed by atoms with Crippen LogP contribution in [0.5, 0.6) is 11.5 Å². The van der Waals surface area contributed by atoms with Crippen LogP contribution in [-0.4, -0.2) is 47.7 Å². The lowest BCUT2D eigenvalue weighted by atomic mass is 10.2. The van der Waals surface area contributed by atoms with Crippen LogP contribution in [0.4, 0.5) is 0 Å². The van der Waals surface area contributed by atoms with E-state index in [0.717, 1.165) is 13.1 Å². The summed E-state index contributed by atoms with van der Waals surface area (Å²) in [7, 11) is 0. The number of benzene rings is 1. The number of morpholine rings is 1.